The average Bonchev–Trinajstić information content (AvgIpc) is 2.76. The van der Waals surface area contributed by atoms with Crippen LogP contribution in [0.25, 0.3) is 0 Å². The van der Waals surface area contributed by atoms with E-state index in [1.165, 1.54) is 24.3 Å². The molecule has 0 saturated carbocycles. The first-order valence-corrected chi connectivity index (χ1v) is 10.3. The van der Waals surface area contributed by atoms with Crippen LogP contribution >= 0.6 is 0 Å². The lowest BCUT2D eigenvalue weighted by molar-refractivity contribution is -0.274. The number of rotatable bonds is 7. The molecule has 0 aromatic heterocycles. The van der Waals surface area contributed by atoms with E-state index in [9.17, 15) is 22.8 Å². The number of nitrogens with zero attached hydrogens (tertiary/aromatic N) is 1. The van der Waals surface area contributed by atoms with Crippen molar-refractivity contribution >= 4 is 11.8 Å². The van der Waals surface area contributed by atoms with Gasteiger partial charge in [-0.3, -0.25) is 9.59 Å². The number of halogens is 3. The second-order valence-corrected chi connectivity index (χ2v) is 7.61. The summed E-state index contributed by atoms with van der Waals surface area (Å²) in [6, 6.07) is 14.6. The molecule has 0 unspecified atom stereocenters. The Morgan fingerprint density at radius 2 is 1.65 bits per heavy atom. The molecule has 1 heterocycles. The molecule has 0 atom stereocenters. The van der Waals surface area contributed by atoms with Crippen LogP contribution in [0, 0.1) is 5.92 Å². The molecule has 0 bridgehead atoms. The van der Waals surface area contributed by atoms with E-state index in [0.29, 0.717) is 36.6 Å². The number of hydrogen-bond donors (Lipinski definition) is 1. The van der Waals surface area contributed by atoms with Gasteiger partial charge in [0.2, 0.25) is 5.91 Å². The molecule has 166 valence electrons. The van der Waals surface area contributed by atoms with E-state index in [4.69, 9.17) is 0 Å². The minimum atomic E-state index is -4.72. The van der Waals surface area contributed by atoms with E-state index < -0.39 is 6.36 Å². The zero-order valence-corrected chi connectivity index (χ0v) is 17.0. The van der Waals surface area contributed by atoms with Crippen LogP contribution in [0.5, 0.6) is 5.75 Å². The highest BCUT2D eigenvalue weighted by Gasteiger charge is 2.31. The second kappa shape index (κ2) is 10.3. The summed E-state index contributed by atoms with van der Waals surface area (Å²) in [7, 11) is 0. The largest absolute Gasteiger partial charge is 0.573 e. The van der Waals surface area contributed by atoms with Gasteiger partial charge >= 0.3 is 6.36 Å². The Hall–Kier alpha value is -3.03. The molecular formula is C23H25F3N2O3. The molecule has 2 aromatic carbocycles. The topological polar surface area (TPSA) is 58.6 Å². The van der Waals surface area contributed by atoms with Gasteiger partial charge in [0.1, 0.15) is 5.75 Å². The maximum atomic E-state index is 12.5. The highest BCUT2D eigenvalue weighted by molar-refractivity contribution is 5.94. The summed E-state index contributed by atoms with van der Waals surface area (Å²) in [5.41, 5.74) is 1.38. The fourth-order valence-corrected chi connectivity index (χ4v) is 3.62. The van der Waals surface area contributed by atoms with Gasteiger partial charge < -0.3 is 15.0 Å². The lowest BCUT2D eigenvalue weighted by Crippen LogP contribution is -2.38. The fraction of sp³-hybridized carbons (Fsp3) is 0.391. The van der Waals surface area contributed by atoms with Gasteiger partial charge in [0.05, 0.1) is 0 Å². The summed E-state index contributed by atoms with van der Waals surface area (Å²) in [5.74, 6) is 0.0471. The number of carbonyl (C=O) groups is 2. The number of carbonyl (C=O) groups excluding carboxylic acids is 2. The van der Waals surface area contributed by atoms with Gasteiger partial charge in [-0.15, -0.1) is 13.2 Å². The Morgan fingerprint density at radius 3 is 2.26 bits per heavy atom. The molecule has 2 amide bonds. The van der Waals surface area contributed by atoms with Crippen LogP contribution in [0.15, 0.2) is 54.6 Å². The fourth-order valence-electron chi connectivity index (χ4n) is 3.62. The van der Waals surface area contributed by atoms with Crippen molar-refractivity contribution in [1.82, 2.24) is 10.2 Å². The third-order valence-corrected chi connectivity index (χ3v) is 5.35. The number of piperidine rings is 1. The van der Waals surface area contributed by atoms with E-state index in [0.717, 1.165) is 19.3 Å². The molecule has 31 heavy (non-hydrogen) atoms. The zero-order chi connectivity index (χ0) is 22.3. The molecule has 1 saturated heterocycles. The van der Waals surface area contributed by atoms with Crippen molar-refractivity contribution in [3.8, 4) is 5.75 Å². The summed E-state index contributed by atoms with van der Waals surface area (Å²) in [5, 5.41) is 2.79. The third kappa shape index (κ3) is 7.31. The van der Waals surface area contributed by atoms with E-state index in [1.807, 2.05) is 35.2 Å². The van der Waals surface area contributed by atoms with Crippen molar-refractivity contribution in [3.05, 3.63) is 65.7 Å². The molecule has 0 spiro atoms. The molecule has 5 nitrogen and oxygen atoms in total. The number of ether oxygens (including phenoxy) is 1. The van der Waals surface area contributed by atoms with E-state index >= 15 is 0 Å². The smallest absolute Gasteiger partial charge is 0.406 e. The number of alkyl halides is 3. The Kier molecular flexibility index (Phi) is 7.55. The molecule has 8 heteroatoms. The summed E-state index contributed by atoms with van der Waals surface area (Å²) < 4.78 is 40.3. The van der Waals surface area contributed by atoms with Gasteiger partial charge in [0.25, 0.3) is 5.91 Å². The molecule has 3 rings (SSSR count). The van der Waals surface area contributed by atoms with Gasteiger partial charge in [-0.1, -0.05) is 30.3 Å². The van der Waals surface area contributed by atoms with Crippen LogP contribution < -0.4 is 10.1 Å². The van der Waals surface area contributed by atoms with Crippen molar-refractivity contribution < 1.29 is 27.5 Å². The van der Waals surface area contributed by atoms with Crippen LogP contribution in [0.1, 0.15) is 41.6 Å². The van der Waals surface area contributed by atoms with Gasteiger partial charge in [-0.25, -0.2) is 0 Å². The normalized spacial score (nSPS) is 14.9. The minimum Gasteiger partial charge on any atom is -0.406 e. The van der Waals surface area contributed by atoms with Crippen LogP contribution in [-0.4, -0.2) is 36.2 Å². The first kappa shape index (κ1) is 22.7. The van der Waals surface area contributed by atoms with Crippen LogP contribution in [0.2, 0.25) is 0 Å². The van der Waals surface area contributed by atoms with E-state index in [2.05, 4.69) is 10.1 Å². The van der Waals surface area contributed by atoms with Crippen molar-refractivity contribution in [2.24, 2.45) is 5.92 Å². The molecule has 1 aliphatic heterocycles. The third-order valence-electron chi connectivity index (χ3n) is 5.35. The highest BCUT2D eigenvalue weighted by Crippen LogP contribution is 2.24. The Labute approximate surface area is 179 Å². The monoisotopic (exact) mass is 434 g/mol. The number of amides is 2. The Morgan fingerprint density at radius 1 is 1.00 bits per heavy atom. The van der Waals surface area contributed by atoms with Gasteiger partial charge in [0, 0.05) is 31.6 Å². The van der Waals surface area contributed by atoms with E-state index in [1.54, 1.807) is 0 Å². The van der Waals surface area contributed by atoms with Gasteiger partial charge in [-0.05, 0) is 55.0 Å². The van der Waals surface area contributed by atoms with E-state index in [-0.39, 0.29) is 24.1 Å². The van der Waals surface area contributed by atoms with Crippen molar-refractivity contribution in [1.29, 1.82) is 0 Å². The molecule has 0 radical (unpaired) electrons. The van der Waals surface area contributed by atoms with Crippen molar-refractivity contribution in [2.75, 3.05) is 13.1 Å². The summed E-state index contributed by atoms with van der Waals surface area (Å²) in [4.78, 5) is 26.5. The summed E-state index contributed by atoms with van der Waals surface area (Å²) >= 11 is 0. The summed E-state index contributed by atoms with van der Waals surface area (Å²) in [6.45, 7) is 1.62. The maximum Gasteiger partial charge on any atom is 0.573 e. The first-order valence-electron chi connectivity index (χ1n) is 10.3. The van der Waals surface area contributed by atoms with Gasteiger partial charge in [-0.2, -0.15) is 0 Å². The predicted octanol–water partition coefficient (Wildman–Crippen LogP) is 4.53. The minimum absolute atomic E-state index is 0.0449. The zero-order valence-electron chi connectivity index (χ0n) is 17.0. The van der Waals surface area contributed by atoms with Crippen molar-refractivity contribution in [3.63, 3.8) is 0 Å². The molecule has 1 fully saturated rings. The number of hydrogen-bond acceptors (Lipinski definition) is 3. The number of nitrogens with one attached hydrogen (secondary N) is 1. The van der Waals surface area contributed by atoms with Crippen LogP contribution in [0.3, 0.4) is 0 Å². The number of likely N-dealkylation sites (tertiary alicyclic amines) is 1. The quantitative estimate of drug-likeness (QED) is 0.697. The second-order valence-electron chi connectivity index (χ2n) is 7.61. The number of benzene rings is 2. The molecule has 1 aliphatic rings. The molecule has 1 N–H and O–H groups in total. The SMILES string of the molecule is O=C(CCC1CCN(C(=O)c2ccccc2)CC1)NCc1ccc(OC(F)(F)F)cc1. The Balaban J connectivity index is 1.35. The first-order chi connectivity index (χ1) is 14.8. The van der Waals surface area contributed by atoms with Gasteiger partial charge in [0.15, 0.2) is 0 Å². The predicted molar refractivity (Wildman–Crippen MR) is 109 cm³/mol. The molecular weight excluding hydrogens is 409 g/mol. The maximum absolute atomic E-state index is 12.5. The highest BCUT2D eigenvalue weighted by atomic mass is 19.4. The van der Waals surface area contributed by atoms with Crippen LogP contribution in [-0.2, 0) is 11.3 Å². The molecule has 2 aromatic rings. The lowest BCUT2D eigenvalue weighted by atomic mass is 9.91. The summed E-state index contributed by atoms with van der Waals surface area (Å²) in [6.07, 6.45) is -1.86. The average molecular weight is 434 g/mol. The van der Waals surface area contributed by atoms with Crippen LogP contribution in [0.4, 0.5) is 13.2 Å². The molecule has 0 aliphatic carbocycles. The standard InChI is InChI=1S/C23H25F3N2O3/c24-23(25,26)31-20-9-6-18(7-10-20)16-27-21(29)11-8-17-12-14-28(15-13-17)22(30)19-4-2-1-3-5-19/h1-7,9-10,17H,8,11-16H2,(H,27,29). The van der Waals surface area contributed by atoms with Crippen molar-refractivity contribution in [2.45, 2.75) is 38.6 Å². The Bertz CT molecular complexity index is 862. The lowest BCUT2D eigenvalue weighted by Gasteiger charge is -2.32.